The Kier molecular flexibility index (Phi) is 7.08. The van der Waals surface area contributed by atoms with Crippen molar-refractivity contribution >= 4 is 17.4 Å². The van der Waals surface area contributed by atoms with Crippen LogP contribution < -0.4 is 14.4 Å². The number of amides is 1. The number of ketones is 1. The lowest BCUT2D eigenvalue weighted by Gasteiger charge is -2.27. The van der Waals surface area contributed by atoms with Gasteiger partial charge in [-0.15, -0.1) is 0 Å². The number of anilines is 1. The van der Waals surface area contributed by atoms with Gasteiger partial charge in [0.25, 0.3) is 5.91 Å². The maximum absolute atomic E-state index is 13.1. The van der Waals surface area contributed by atoms with Crippen molar-refractivity contribution in [3.05, 3.63) is 59.4 Å². The number of hydrogen-bond donors (Lipinski definition) is 2. The molecule has 0 fully saturated rings. The minimum Gasteiger partial charge on any atom is -0.504 e. The topological polar surface area (TPSA) is 96.3 Å². The summed E-state index contributed by atoms with van der Waals surface area (Å²) in [4.78, 5) is 27.6. The number of aliphatic hydroxyl groups is 1. The van der Waals surface area contributed by atoms with Crippen LogP contribution in [0.1, 0.15) is 45.7 Å². The first-order valence-electron chi connectivity index (χ1n) is 10.8. The van der Waals surface area contributed by atoms with Crippen LogP contribution in [0.15, 0.2) is 53.8 Å². The van der Waals surface area contributed by atoms with E-state index in [1.54, 1.807) is 43.3 Å². The van der Waals surface area contributed by atoms with Gasteiger partial charge in [-0.2, -0.15) is 0 Å². The number of ether oxygens (including phenoxy) is 2. The highest BCUT2D eigenvalue weighted by Crippen LogP contribution is 2.43. The van der Waals surface area contributed by atoms with Crippen molar-refractivity contribution in [1.29, 1.82) is 0 Å². The average Bonchev–Trinajstić information content (AvgIpc) is 3.01. The van der Waals surface area contributed by atoms with Crippen molar-refractivity contribution in [2.45, 2.75) is 40.2 Å². The Morgan fingerprint density at radius 1 is 1.03 bits per heavy atom. The second kappa shape index (κ2) is 9.77. The molecule has 3 rings (SSSR count). The molecule has 2 aromatic rings. The number of phenols is 1. The molecule has 1 unspecified atom stereocenters. The number of rotatable bonds is 9. The fourth-order valence-corrected chi connectivity index (χ4v) is 3.79. The van der Waals surface area contributed by atoms with Crippen molar-refractivity contribution in [1.82, 2.24) is 0 Å². The van der Waals surface area contributed by atoms with Crippen LogP contribution in [0.3, 0.4) is 0 Å². The molecule has 0 spiro atoms. The third-order valence-corrected chi connectivity index (χ3v) is 5.13. The number of carbonyl (C=O) groups is 2. The van der Waals surface area contributed by atoms with E-state index in [9.17, 15) is 19.8 Å². The van der Waals surface area contributed by atoms with Crippen LogP contribution in [0.25, 0.3) is 0 Å². The van der Waals surface area contributed by atoms with E-state index in [2.05, 4.69) is 0 Å². The van der Waals surface area contributed by atoms with Crippen molar-refractivity contribution in [2.75, 3.05) is 18.1 Å². The molecule has 1 aliphatic heterocycles. The second-order valence-corrected chi connectivity index (χ2v) is 7.95. The molecular formula is C25H29NO6. The molecule has 1 amide bonds. The molecule has 2 N–H and O–H groups in total. The summed E-state index contributed by atoms with van der Waals surface area (Å²) in [7, 11) is 0. The van der Waals surface area contributed by atoms with Gasteiger partial charge in [0.05, 0.1) is 24.8 Å². The summed E-state index contributed by atoms with van der Waals surface area (Å²) in [6, 6.07) is 10.7. The highest BCUT2D eigenvalue weighted by atomic mass is 16.5. The van der Waals surface area contributed by atoms with Crippen LogP contribution in [-0.2, 0) is 9.59 Å². The smallest absolute Gasteiger partial charge is 0.294 e. The van der Waals surface area contributed by atoms with Gasteiger partial charge in [-0.25, -0.2) is 0 Å². The van der Waals surface area contributed by atoms with Gasteiger partial charge >= 0.3 is 0 Å². The zero-order chi connectivity index (χ0) is 23.4. The average molecular weight is 440 g/mol. The van der Waals surface area contributed by atoms with Crippen molar-refractivity contribution in [2.24, 2.45) is 5.92 Å². The summed E-state index contributed by atoms with van der Waals surface area (Å²) in [5.41, 5.74) is 1.10. The van der Waals surface area contributed by atoms with Crippen LogP contribution in [-0.4, -0.2) is 35.1 Å². The summed E-state index contributed by atoms with van der Waals surface area (Å²) in [6.07, 6.45) is 0.191. The molecule has 0 saturated carbocycles. The van der Waals surface area contributed by atoms with Crippen LogP contribution >= 0.6 is 0 Å². The fourth-order valence-electron chi connectivity index (χ4n) is 3.79. The summed E-state index contributed by atoms with van der Waals surface area (Å²) in [6.45, 7) is 8.32. The summed E-state index contributed by atoms with van der Waals surface area (Å²) in [5.74, 6) is -0.608. The lowest BCUT2D eigenvalue weighted by Crippen LogP contribution is -2.31. The van der Waals surface area contributed by atoms with Crippen molar-refractivity contribution in [3.63, 3.8) is 0 Å². The standard InChI is InChI=1S/C25H29NO6/c1-5-31-18-10-8-17(9-11-18)26-23(16-7-12-19(27)21(14-16)32-6-2)22(24(29)25(26)30)20(28)13-15(3)4/h7-12,14-15,23,27,29H,5-6,13H2,1-4H3. The summed E-state index contributed by atoms with van der Waals surface area (Å²) in [5, 5.41) is 20.9. The van der Waals surface area contributed by atoms with Gasteiger partial charge in [0.2, 0.25) is 0 Å². The van der Waals surface area contributed by atoms with E-state index >= 15 is 0 Å². The van der Waals surface area contributed by atoms with E-state index < -0.39 is 17.7 Å². The number of carbonyl (C=O) groups excluding carboxylic acids is 2. The molecule has 7 nitrogen and oxygen atoms in total. The van der Waals surface area contributed by atoms with Crippen molar-refractivity contribution in [3.8, 4) is 17.2 Å². The third kappa shape index (κ3) is 4.56. The maximum Gasteiger partial charge on any atom is 0.294 e. The normalized spacial score (nSPS) is 16.1. The quantitative estimate of drug-likeness (QED) is 0.588. The number of nitrogens with zero attached hydrogens (tertiary/aromatic N) is 1. The monoisotopic (exact) mass is 439 g/mol. The third-order valence-electron chi connectivity index (χ3n) is 5.13. The molecule has 0 aliphatic carbocycles. The molecule has 1 aliphatic rings. The van der Waals surface area contributed by atoms with Crippen molar-refractivity contribution < 1.29 is 29.3 Å². The van der Waals surface area contributed by atoms with Crippen LogP contribution in [0.5, 0.6) is 17.2 Å². The lowest BCUT2D eigenvalue weighted by molar-refractivity contribution is -0.118. The van der Waals surface area contributed by atoms with Gasteiger partial charge in [-0.05, 0) is 61.7 Å². The molecule has 1 heterocycles. The number of phenolic OH excluding ortho intramolecular Hbond substituents is 1. The molecular weight excluding hydrogens is 410 g/mol. The van der Waals surface area contributed by atoms with Gasteiger partial charge in [0.15, 0.2) is 23.0 Å². The fraction of sp³-hybridized carbons (Fsp3) is 0.360. The van der Waals surface area contributed by atoms with E-state index in [0.717, 1.165) is 0 Å². The van der Waals surface area contributed by atoms with Crippen LogP contribution in [0, 0.1) is 5.92 Å². The van der Waals surface area contributed by atoms with E-state index in [1.165, 1.54) is 11.0 Å². The van der Waals surface area contributed by atoms with Gasteiger partial charge in [-0.3, -0.25) is 14.5 Å². The Bertz CT molecular complexity index is 1030. The van der Waals surface area contributed by atoms with Gasteiger partial charge in [-0.1, -0.05) is 19.9 Å². The molecule has 7 heteroatoms. The zero-order valence-corrected chi connectivity index (χ0v) is 18.8. The summed E-state index contributed by atoms with van der Waals surface area (Å²) < 4.78 is 11.0. The Balaban J connectivity index is 2.13. The minimum absolute atomic E-state index is 0.0456. The Morgan fingerprint density at radius 2 is 1.69 bits per heavy atom. The molecule has 0 radical (unpaired) electrons. The molecule has 0 saturated heterocycles. The number of benzene rings is 2. The minimum atomic E-state index is -0.855. The molecule has 170 valence electrons. The number of hydrogen-bond acceptors (Lipinski definition) is 6. The number of aromatic hydroxyl groups is 1. The largest absolute Gasteiger partial charge is 0.504 e. The molecule has 2 aromatic carbocycles. The molecule has 32 heavy (non-hydrogen) atoms. The molecule has 0 bridgehead atoms. The first-order chi connectivity index (χ1) is 15.3. The molecule has 1 atom stereocenters. The predicted octanol–water partition coefficient (Wildman–Crippen LogP) is 4.70. The molecule has 0 aromatic heterocycles. The van der Waals surface area contributed by atoms with Gasteiger partial charge in [0.1, 0.15) is 5.75 Å². The van der Waals surface area contributed by atoms with E-state index in [4.69, 9.17) is 9.47 Å². The zero-order valence-electron chi connectivity index (χ0n) is 18.8. The van der Waals surface area contributed by atoms with E-state index in [-0.39, 0.29) is 35.2 Å². The summed E-state index contributed by atoms with van der Waals surface area (Å²) >= 11 is 0. The number of aliphatic hydroxyl groups excluding tert-OH is 1. The second-order valence-electron chi connectivity index (χ2n) is 7.95. The Labute approximate surface area is 187 Å². The lowest BCUT2D eigenvalue weighted by atomic mass is 9.91. The Hall–Kier alpha value is -3.48. The number of Topliss-reactive ketones (excluding diaryl/α,β-unsaturated/α-hetero) is 1. The van der Waals surface area contributed by atoms with Gasteiger partial charge in [0, 0.05) is 12.1 Å². The Morgan fingerprint density at radius 3 is 2.28 bits per heavy atom. The van der Waals surface area contributed by atoms with Gasteiger partial charge < -0.3 is 19.7 Å². The maximum atomic E-state index is 13.1. The SMILES string of the molecule is CCOc1ccc(N2C(=O)C(O)=C(C(=O)CC(C)C)C2c2ccc(O)c(OCC)c2)cc1. The van der Waals surface area contributed by atoms with E-state index in [0.29, 0.717) is 30.2 Å². The first kappa shape index (κ1) is 23.2. The van der Waals surface area contributed by atoms with Crippen LogP contribution in [0.2, 0.25) is 0 Å². The van der Waals surface area contributed by atoms with E-state index in [1.807, 2.05) is 20.8 Å². The highest BCUT2D eigenvalue weighted by molar-refractivity contribution is 6.16. The highest BCUT2D eigenvalue weighted by Gasteiger charge is 2.44. The predicted molar refractivity (Wildman–Crippen MR) is 121 cm³/mol. The van der Waals surface area contributed by atoms with Crippen LogP contribution in [0.4, 0.5) is 5.69 Å². The first-order valence-corrected chi connectivity index (χ1v) is 10.8.